The SMILES string of the molecule is NCc1ccccc1-c1ccc(OC2CC2)cc1. The van der Waals surface area contributed by atoms with Crippen molar-refractivity contribution in [3.63, 3.8) is 0 Å². The molecule has 0 aliphatic heterocycles. The van der Waals surface area contributed by atoms with Crippen molar-refractivity contribution in [1.29, 1.82) is 0 Å². The van der Waals surface area contributed by atoms with Crippen LogP contribution >= 0.6 is 0 Å². The quantitative estimate of drug-likeness (QED) is 0.888. The largest absolute Gasteiger partial charge is 0.490 e. The highest BCUT2D eigenvalue weighted by molar-refractivity contribution is 5.67. The highest BCUT2D eigenvalue weighted by Crippen LogP contribution is 2.29. The number of rotatable bonds is 4. The van der Waals surface area contributed by atoms with Crippen molar-refractivity contribution in [2.75, 3.05) is 0 Å². The van der Waals surface area contributed by atoms with Gasteiger partial charge in [0.05, 0.1) is 6.10 Å². The highest BCUT2D eigenvalue weighted by Gasteiger charge is 2.23. The third-order valence-electron chi connectivity index (χ3n) is 3.23. The van der Waals surface area contributed by atoms with Crippen molar-refractivity contribution in [2.45, 2.75) is 25.5 Å². The Morgan fingerprint density at radius 2 is 1.72 bits per heavy atom. The molecule has 2 heteroatoms. The number of nitrogens with two attached hydrogens (primary N) is 1. The van der Waals surface area contributed by atoms with E-state index in [0.29, 0.717) is 12.6 Å². The first-order chi connectivity index (χ1) is 8.86. The van der Waals surface area contributed by atoms with Crippen molar-refractivity contribution < 1.29 is 4.74 Å². The first-order valence-electron chi connectivity index (χ1n) is 6.42. The molecular weight excluding hydrogens is 222 g/mol. The summed E-state index contributed by atoms with van der Waals surface area (Å²) >= 11 is 0. The van der Waals surface area contributed by atoms with Gasteiger partial charge in [0.25, 0.3) is 0 Å². The van der Waals surface area contributed by atoms with E-state index in [2.05, 4.69) is 24.3 Å². The highest BCUT2D eigenvalue weighted by atomic mass is 16.5. The Morgan fingerprint density at radius 3 is 2.39 bits per heavy atom. The summed E-state index contributed by atoms with van der Waals surface area (Å²) in [6.45, 7) is 0.566. The maximum atomic E-state index is 5.77. The van der Waals surface area contributed by atoms with Gasteiger partial charge in [0, 0.05) is 6.54 Å². The molecule has 2 N–H and O–H groups in total. The van der Waals surface area contributed by atoms with E-state index in [9.17, 15) is 0 Å². The van der Waals surface area contributed by atoms with E-state index in [1.54, 1.807) is 0 Å². The average Bonchev–Trinajstić information content (AvgIpc) is 3.24. The molecular formula is C16H17NO. The zero-order valence-corrected chi connectivity index (χ0v) is 10.3. The van der Waals surface area contributed by atoms with Crippen molar-refractivity contribution in [3.05, 3.63) is 54.1 Å². The number of benzene rings is 2. The van der Waals surface area contributed by atoms with Crippen LogP contribution in [0.25, 0.3) is 11.1 Å². The summed E-state index contributed by atoms with van der Waals surface area (Å²) < 4.78 is 5.75. The molecule has 0 amide bonds. The first kappa shape index (κ1) is 11.3. The minimum absolute atomic E-state index is 0.451. The molecule has 0 radical (unpaired) electrons. The normalized spacial score (nSPS) is 14.5. The standard InChI is InChI=1S/C16H17NO/c17-11-13-3-1-2-4-16(13)12-5-7-14(8-6-12)18-15-9-10-15/h1-8,15H,9-11,17H2. The van der Waals surface area contributed by atoms with Crippen molar-refractivity contribution in [3.8, 4) is 16.9 Å². The fourth-order valence-electron chi connectivity index (χ4n) is 2.07. The lowest BCUT2D eigenvalue weighted by Gasteiger charge is -2.09. The molecule has 3 rings (SSSR count). The smallest absolute Gasteiger partial charge is 0.119 e. The zero-order valence-electron chi connectivity index (χ0n) is 10.3. The van der Waals surface area contributed by atoms with E-state index in [1.165, 1.54) is 29.5 Å². The van der Waals surface area contributed by atoms with Gasteiger partial charge in [-0.05, 0) is 41.7 Å². The molecule has 1 aliphatic rings. The van der Waals surface area contributed by atoms with E-state index in [4.69, 9.17) is 10.5 Å². The maximum Gasteiger partial charge on any atom is 0.119 e. The van der Waals surface area contributed by atoms with Gasteiger partial charge in [-0.15, -0.1) is 0 Å². The lowest BCUT2D eigenvalue weighted by Crippen LogP contribution is -1.99. The van der Waals surface area contributed by atoms with Crippen LogP contribution in [0.15, 0.2) is 48.5 Å². The summed E-state index contributed by atoms with van der Waals surface area (Å²) in [5, 5.41) is 0. The van der Waals surface area contributed by atoms with Crippen LogP contribution in [0.2, 0.25) is 0 Å². The number of ether oxygens (including phenoxy) is 1. The molecule has 2 aromatic rings. The zero-order chi connectivity index (χ0) is 12.4. The predicted molar refractivity (Wildman–Crippen MR) is 73.4 cm³/mol. The minimum atomic E-state index is 0.451. The van der Waals surface area contributed by atoms with Gasteiger partial charge in [-0.25, -0.2) is 0 Å². The molecule has 1 fully saturated rings. The molecule has 1 aliphatic carbocycles. The van der Waals surface area contributed by atoms with Gasteiger partial charge in [-0.2, -0.15) is 0 Å². The second kappa shape index (κ2) is 4.83. The van der Waals surface area contributed by atoms with Crippen LogP contribution in [-0.4, -0.2) is 6.10 Å². The molecule has 0 saturated heterocycles. The van der Waals surface area contributed by atoms with Crippen LogP contribution in [-0.2, 0) is 6.54 Å². The molecule has 0 aromatic heterocycles. The third-order valence-corrected chi connectivity index (χ3v) is 3.23. The van der Waals surface area contributed by atoms with E-state index >= 15 is 0 Å². The molecule has 2 aromatic carbocycles. The summed E-state index contributed by atoms with van der Waals surface area (Å²) in [7, 11) is 0. The molecule has 92 valence electrons. The van der Waals surface area contributed by atoms with Crippen LogP contribution in [0, 0.1) is 0 Å². The van der Waals surface area contributed by atoms with E-state index in [1.807, 2.05) is 24.3 Å². The van der Waals surface area contributed by atoms with Crippen molar-refractivity contribution in [2.24, 2.45) is 5.73 Å². The second-order valence-corrected chi connectivity index (χ2v) is 4.70. The third kappa shape index (κ3) is 2.39. The average molecular weight is 239 g/mol. The van der Waals surface area contributed by atoms with Crippen LogP contribution < -0.4 is 10.5 Å². The lowest BCUT2D eigenvalue weighted by atomic mass is 10.00. The fourth-order valence-corrected chi connectivity index (χ4v) is 2.07. The Bertz CT molecular complexity index is 529. The summed E-state index contributed by atoms with van der Waals surface area (Å²) in [4.78, 5) is 0. The number of hydrogen-bond acceptors (Lipinski definition) is 2. The van der Waals surface area contributed by atoms with E-state index < -0.39 is 0 Å². The summed E-state index contributed by atoms with van der Waals surface area (Å²) in [6, 6.07) is 16.5. The molecule has 0 unspecified atom stereocenters. The van der Waals surface area contributed by atoms with Crippen LogP contribution in [0.5, 0.6) is 5.75 Å². The molecule has 2 nitrogen and oxygen atoms in total. The monoisotopic (exact) mass is 239 g/mol. The van der Waals surface area contributed by atoms with Crippen molar-refractivity contribution >= 4 is 0 Å². The second-order valence-electron chi connectivity index (χ2n) is 4.70. The summed E-state index contributed by atoms with van der Waals surface area (Å²) in [5.74, 6) is 0.964. The van der Waals surface area contributed by atoms with Gasteiger partial charge in [0.15, 0.2) is 0 Å². The van der Waals surface area contributed by atoms with E-state index in [-0.39, 0.29) is 0 Å². The van der Waals surface area contributed by atoms with Gasteiger partial charge in [-0.3, -0.25) is 0 Å². The van der Waals surface area contributed by atoms with Gasteiger partial charge in [-0.1, -0.05) is 36.4 Å². The van der Waals surface area contributed by atoms with Crippen LogP contribution in [0.1, 0.15) is 18.4 Å². The number of hydrogen-bond donors (Lipinski definition) is 1. The Labute approximate surface area is 107 Å². The van der Waals surface area contributed by atoms with Gasteiger partial charge < -0.3 is 10.5 Å². The Balaban J connectivity index is 1.86. The molecule has 0 spiro atoms. The van der Waals surface area contributed by atoms with Crippen LogP contribution in [0.4, 0.5) is 0 Å². The fraction of sp³-hybridized carbons (Fsp3) is 0.250. The van der Waals surface area contributed by atoms with Gasteiger partial charge in [0.2, 0.25) is 0 Å². The Kier molecular flexibility index (Phi) is 3.03. The van der Waals surface area contributed by atoms with Crippen LogP contribution in [0.3, 0.4) is 0 Å². The van der Waals surface area contributed by atoms with Gasteiger partial charge >= 0.3 is 0 Å². The van der Waals surface area contributed by atoms with Crippen molar-refractivity contribution in [1.82, 2.24) is 0 Å². The molecule has 1 saturated carbocycles. The summed E-state index contributed by atoms with van der Waals surface area (Å²) in [6.07, 6.45) is 2.84. The molecule has 18 heavy (non-hydrogen) atoms. The Morgan fingerprint density at radius 1 is 1.00 bits per heavy atom. The van der Waals surface area contributed by atoms with E-state index in [0.717, 1.165) is 5.75 Å². The van der Waals surface area contributed by atoms with Gasteiger partial charge in [0.1, 0.15) is 5.75 Å². The molecule has 0 bridgehead atoms. The molecule has 0 heterocycles. The summed E-state index contributed by atoms with van der Waals surface area (Å²) in [5.41, 5.74) is 9.34. The lowest BCUT2D eigenvalue weighted by molar-refractivity contribution is 0.303. The Hall–Kier alpha value is -1.80. The minimum Gasteiger partial charge on any atom is -0.490 e. The first-order valence-corrected chi connectivity index (χ1v) is 6.42. The topological polar surface area (TPSA) is 35.2 Å². The predicted octanol–water partition coefficient (Wildman–Crippen LogP) is 3.35. The molecule has 0 atom stereocenters. The maximum absolute atomic E-state index is 5.77.